The van der Waals surface area contributed by atoms with Gasteiger partial charge >= 0.3 is 0 Å². The molecule has 0 saturated heterocycles. The molecule has 2 aliphatic carbocycles. The van der Waals surface area contributed by atoms with E-state index in [2.05, 4.69) is 19.9 Å². The molecule has 1 unspecified atom stereocenters. The molecule has 21 heavy (non-hydrogen) atoms. The second-order valence-corrected chi connectivity index (χ2v) is 7.36. The van der Waals surface area contributed by atoms with Gasteiger partial charge < -0.3 is 0 Å². The van der Waals surface area contributed by atoms with Crippen LogP contribution in [0.5, 0.6) is 0 Å². The average molecular weight is 290 g/mol. The molecular weight excluding hydrogens is 256 g/mol. The van der Waals surface area contributed by atoms with Crippen LogP contribution < -0.4 is 0 Å². The highest BCUT2D eigenvalue weighted by atomic mass is 16.1. The molecule has 0 aromatic heterocycles. The van der Waals surface area contributed by atoms with E-state index >= 15 is 0 Å². The lowest BCUT2D eigenvalue weighted by Gasteiger charge is -2.32. The Balaban J connectivity index is 1.80. The summed E-state index contributed by atoms with van der Waals surface area (Å²) in [5, 5.41) is 0. The van der Waals surface area contributed by atoms with Gasteiger partial charge in [0.05, 0.1) is 0 Å². The van der Waals surface area contributed by atoms with Gasteiger partial charge in [0.15, 0.2) is 5.78 Å². The molecule has 0 aromatic carbocycles. The maximum Gasteiger partial charge on any atom is 0.158 e. The topological polar surface area (TPSA) is 17.1 Å². The fourth-order valence-corrected chi connectivity index (χ4v) is 4.34. The monoisotopic (exact) mass is 290 g/mol. The van der Waals surface area contributed by atoms with E-state index in [1.807, 2.05) is 0 Å². The van der Waals surface area contributed by atoms with Crippen LogP contribution in [-0.2, 0) is 4.79 Å². The highest BCUT2D eigenvalue weighted by Crippen LogP contribution is 2.39. The molecule has 0 N–H and O–H groups in total. The van der Waals surface area contributed by atoms with Crippen molar-refractivity contribution in [3.8, 4) is 0 Å². The molecular formula is C20H34O. The number of ketones is 1. The van der Waals surface area contributed by atoms with Crippen molar-refractivity contribution >= 4 is 5.78 Å². The number of hydrogen-bond acceptors (Lipinski definition) is 1. The van der Waals surface area contributed by atoms with Crippen molar-refractivity contribution in [2.45, 2.75) is 90.9 Å². The maximum absolute atomic E-state index is 12.3. The van der Waals surface area contributed by atoms with Crippen molar-refractivity contribution in [3.05, 3.63) is 11.6 Å². The van der Waals surface area contributed by atoms with Crippen molar-refractivity contribution in [2.24, 2.45) is 17.8 Å². The smallest absolute Gasteiger partial charge is 0.158 e. The Morgan fingerprint density at radius 1 is 0.952 bits per heavy atom. The minimum atomic E-state index is 0.344. The van der Waals surface area contributed by atoms with Crippen molar-refractivity contribution in [2.75, 3.05) is 0 Å². The standard InChI is InChI=1S/C20H34O/c1-3-5-6-8-18-13-14-19(15-20(18)21)17-11-9-16(7-4-2)10-12-17/h15-18H,3-14H2,1-2H3. The van der Waals surface area contributed by atoms with Gasteiger partial charge in [0.2, 0.25) is 0 Å². The summed E-state index contributed by atoms with van der Waals surface area (Å²) in [6.45, 7) is 4.53. The molecule has 1 heteroatoms. The molecule has 2 aliphatic rings. The molecule has 120 valence electrons. The quantitative estimate of drug-likeness (QED) is 0.519. The fourth-order valence-electron chi connectivity index (χ4n) is 4.34. The van der Waals surface area contributed by atoms with Gasteiger partial charge in [0, 0.05) is 5.92 Å². The lowest BCUT2D eigenvalue weighted by atomic mass is 9.73. The maximum atomic E-state index is 12.3. The van der Waals surface area contributed by atoms with Gasteiger partial charge in [-0.15, -0.1) is 0 Å². The van der Waals surface area contributed by atoms with Crippen LogP contribution in [-0.4, -0.2) is 5.78 Å². The summed E-state index contributed by atoms with van der Waals surface area (Å²) >= 11 is 0. The highest BCUT2D eigenvalue weighted by Gasteiger charge is 2.28. The van der Waals surface area contributed by atoms with E-state index in [4.69, 9.17) is 0 Å². The van der Waals surface area contributed by atoms with Gasteiger partial charge in [-0.3, -0.25) is 4.79 Å². The number of unbranched alkanes of at least 4 members (excludes halogenated alkanes) is 2. The number of hydrogen-bond donors (Lipinski definition) is 0. The Morgan fingerprint density at radius 3 is 2.33 bits per heavy atom. The van der Waals surface area contributed by atoms with E-state index in [1.165, 1.54) is 69.8 Å². The summed E-state index contributed by atoms with van der Waals surface area (Å²) in [5.41, 5.74) is 1.50. The predicted molar refractivity (Wildman–Crippen MR) is 90.3 cm³/mol. The molecule has 1 nitrogen and oxygen atoms in total. The molecule has 1 atom stereocenters. The number of carbonyl (C=O) groups is 1. The third-order valence-electron chi connectivity index (χ3n) is 5.74. The third-order valence-corrected chi connectivity index (χ3v) is 5.74. The third kappa shape index (κ3) is 4.97. The summed E-state index contributed by atoms with van der Waals surface area (Å²) in [6.07, 6.45) is 17.5. The molecule has 0 radical (unpaired) electrons. The first-order chi connectivity index (χ1) is 10.2. The second-order valence-electron chi connectivity index (χ2n) is 7.36. The lowest BCUT2D eigenvalue weighted by molar-refractivity contribution is -0.119. The van der Waals surface area contributed by atoms with Crippen LogP contribution in [0.15, 0.2) is 11.6 Å². The zero-order valence-corrected chi connectivity index (χ0v) is 14.2. The first kappa shape index (κ1) is 16.8. The summed E-state index contributed by atoms with van der Waals surface area (Å²) in [4.78, 5) is 12.3. The van der Waals surface area contributed by atoms with Crippen molar-refractivity contribution in [1.29, 1.82) is 0 Å². The lowest BCUT2D eigenvalue weighted by Crippen LogP contribution is -2.23. The SMILES string of the molecule is CCCCCC1CCC(C2CCC(CCC)CC2)=CC1=O. The average Bonchev–Trinajstić information content (AvgIpc) is 2.50. The summed E-state index contributed by atoms with van der Waals surface area (Å²) < 4.78 is 0. The van der Waals surface area contributed by atoms with Crippen LogP contribution >= 0.6 is 0 Å². The first-order valence-corrected chi connectivity index (χ1v) is 9.48. The van der Waals surface area contributed by atoms with Crippen LogP contribution in [0.4, 0.5) is 0 Å². The molecule has 1 saturated carbocycles. The van der Waals surface area contributed by atoms with Crippen molar-refractivity contribution in [3.63, 3.8) is 0 Å². The normalized spacial score (nSPS) is 30.3. The Hall–Kier alpha value is -0.590. The first-order valence-electron chi connectivity index (χ1n) is 9.48. The predicted octanol–water partition coefficient (Wildman–Crippen LogP) is 6.08. The van der Waals surface area contributed by atoms with Gasteiger partial charge in [0.25, 0.3) is 0 Å². The number of rotatable bonds is 7. The second kappa shape index (κ2) is 8.76. The Morgan fingerprint density at radius 2 is 1.71 bits per heavy atom. The molecule has 0 heterocycles. The number of carbonyl (C=O) groups excluding carboxylic acids is 1. The molecule has 0 spiro atoms. The molecule has 0 bridgehead atoms. The minimum absolute atomic E-state index is 0.344. The van der Waals surface area contributed by atoms with Gasteiger partial charge in [-0.2, -0.15) is 0 Å². The van der Waals surface area contributed by atoms with E-state index in [1.54, 1.807) is 0 Å². The molecule has 2 rings (SSSR count). The Labute approximate surface area is 131 Å². The molecule has 0 aromatic rings. The van der Waals surface area contributed by atoms with E-state index < -0.39 is 0 Å². The molecule has 0 amide bonds. The van der Waals surface area contributed by atoms with Crippen LogP contribution in [0.3, 0.4) is 0 Å². The largest absolute Gasteiger partial charge is 0.295 e. The Kier molecular flexibility index (Phi) is 6.99. The summed E-state index contributed by atoms with van der Waals surface area (Å²) in [5.74, 6) is 2.49. The van der Waals surface area contributed by atoms with E-state index in [0.717, 1.165) is 24.7 Å². The van der Waals surface area contributed by atoms with E-state index in [9.17, 15) is 4.79 Å². The van der Waals surface area contributed by atoms with Crippen LogP contribution in [0, 0.1) is 17.8 Å². The van der Waals surface area contributed by atoms with Crippen molar-refractivity contribution < 1.29 is 4.79 Å². The zero-order valence-electron chi connectivity index (χ0n) is 14.2. The van der Waals surface area contributed by atoms with Crippen LogP contribution in [0.1, 0.15) is 90.9 Å². The number of allylic oxidation sites excluding steroid dienone is 2. The van der Waals surface area contributed by atoms with Crippen LogP contribution in [0.2, 0.25) is 0 Å². The van der Waals surface area contributed by atoms with Gasteiger partial charge in [-0.25, -0.2) is 0 Å². The van der Waals surface area contributed by atoms with Gasteiger partial charge in [-0.05, 0) is 62.9 Å². The van der Waals surface area contributed by atoms with Crippen LogP contribution in [0.25, 0.3) is 0 Å². The highest BCUT2D eigenvalue weighted by molar-refractivity contribution is 5.93. The Bertz CT molecular complexity index is 347. The minimum Gasteiger partial charge on any atom is -0.295 e. The van der Waals surface area contributed by atoms with E-state index in [-0.39, 0.29) is 0 Å². The summed E-state index contributed by atoms with van der Waals surface area (Å²) in [6, 6.07) is 0. The van der Waals surface area contributed by atoms with Crippen molar-refractivity contribution in [1.82, 2.24) is 0 Å². The van der Waals surface area contributed by atoms with Gasteiger partial charge in [-0.1, -0.05) is 51.5 Å². The van der Waals surface area contributed by atoms with Gasteiger partial charge in [0.1, 0.15) is 0 Å². The zero-order chi connectivity index (χ0) is 15.1. The van der Waals surface area contributed by atoms with E-state index in [0.29, 0.717) is 11.7 Å². The fraction of sp³-hybridized carbons (Fsp3) is 0.850. The summed E-state index contributed by atoms with van der Waals surface area (Å²) in [7, 11) is 0. The molecule has 1 fully saturated rings. The molecule has 0 aliphatic heterocycles.